The summed E-state index contributed by atoms with van der Waals surface area (Å²) in [5.74, 6) is 0.0549. The number of carbonyl (C=O) groups excluding carboxylic acids is 1. The van der Waals surface area contributed by atoms with Crippen LogP contribution in [0.2, 0.25) is 0 Å². The summed E-state index contributed by atoms with van der Waals surface area (Å²) in [6, 6.07) is 6.40. The summed E-state index contributed by atoms with van der Waals surface area (Å²) in [6.07, 6.45) is 4.77. The highest BCUT2D eigenvalue weighted by molar-refractivity contribution is 7.89. The van der Waals surface area contributed by atoms with E-state index in [1.165, 1.54) is 30.5 Å². The summed E-state index contributed by atoms with van der Waals surface area (Å²) in [6.45, 7) is 2.14. The lowest BCUT2D eigenvalue weighted by Crippen LogP contribution is -2.26. The van der Waals surface area contributed by atoms with Crippen molar-refractivity contribution in [1.82, 2.24) is 4.31 Å². The number of hydrogen-bond donors (Lipinski definition) is 0. The number of benzene rings is 1. The van der Waals surface area contributed by atoms with Crippen LogP contribution in [0.25, 0.3) is 0 Å². The van der Waals surface area contributed by atoms with Gasteiger partial charge >= 0.3 is 0 Å². The number of unbranched alkanes of at least 4 members (excludes halogenated alkanes) is 3. The molecule has 0 aromatic heterocycles. The Hall–Kier alpha value is -1.40. The first-order valence-electron chi connectivity index (χ1n) is 7.60. The average Bonchev–Trinajstić information content (AvgIpc) is 2.50. The number of carbonyl (C=O) groups is 1. The topological polar surface area (TPSA) is 57.7 Å². The van der Waals surface area contributed by atoms with Gasteiger partial charge in [-0.1, -0.05) is 26.2 Å². The van der Waals surface area contributed by atoms with Crippen LogP contribution in [0.3, 0.4) is 0 Å². The molecule has 0 aliphatic rings. The van der Waals surface area contributed by atoms with Gasteiger partial charge in [0.1, 0.15) is 0 Å². The van der Waals surface area contributed by atoms with Crippen LogP contribution in [0.1, 0.15) is 39.0 Å². The van der Waals surface area contributed by atoms with E-state index in [1.54, 1.807) is 24.1 Å². The van der Waals surface area contributed by atoms with Crippen LogP contribution < -0.4 is 4.90 Å². The molecule has 0 aliphatic carbocycles. The number of sulfonamides is 1. The molecule has 1 rings (SSSR count). The first-order valence-corrected chi connectivity index (χ1v) is 9.04. The summed E-state index contributed by atoms with van der Waals surface area (Å²) in [5.41, 5.74) is 0.707. The van der Waals surface area contributed by atoms with Gasteiger partial charge in [-0.25, -0.2) is 12.7 Å². The molecule has 6 heteroatoms. The summed E-state index contributed by atoms with van der Waals surface area (Å²) in [4.78, 5) is 13.9. The maximum Gasteiger partial charge on any atom is 0.242 e. The molecule has 5 nitrogen and oxygen atoms in total. The Labute approximate surface area is 134 Å². The van der Waals surface area contributed by atoms with Crippen molar-refractivity contribution in [2.24, 2.45) is 0 Å². The fourth-order valence-electron chi connectivity index (χ4n) is 2.07. The monoisotopic (exact) mass is 326 g/mol. The Balaban J connectivity index is 2.72. The first-order chi connectivity index (χ1) is 10.3. The molecule has 0 spiro atoms. The molecular formula is C16H26N2O3S. The second-order valence-corrected chi connectivity index (χ2v) is 7.70. The molecular weight excluding hydrogens is 300 g/mol. The van der Waals surface area contributed by atoms with Crippen LogP contribution in [0.15, 0.2) is 29.2 Å². The molecule has 1 aromatic rings. The van der Waals surface area contributed by atoms with Gasteiger partial charge in [-0.3, -0.25) is 4.79 Å². The molecule has 1 aromatic carbocycles. The van der Waals surface area contributed by atoms with Crippen molar-refractivity contribution in [3.05, 3.63) is 24.3 Å². The first kappa shape index (κ1) is 18.6. The highest BCUT2D eigenvalue weighted by Gasteiger charge is 2.17. The largest absolute Gasteiger partial charge is 0.316 e. The second-order valence-electron chi connectivity index (χ2n) is 5.54. The molecule has 0 fully saturated rings. The van der Waals surface area contributed by atoms with Crippen molar-refractivity contribution in [2.75, 3.05) is 26.0 Å². The molecule has 1 amide bonds. The van der Waals surface area contributed by atoms with Crippen molar-refractivity contribution in [2.45, 2.75) is 43.9 Å². The van der Waals surface area contributed by atoms with E-state index in [4.69, 9.17) is 0 Å². The average molecular weight is 326 g/mol. The minimum Gasteiger partial charge on any atom is -0.316 e. The minimum absolute atomic E-state index is 0.0549. The van der Waals surface area contributed by atoms with Gasteiger partial charge in [-0.15, -0.1) is 0 Å². The second kappa shape index (κ2) is 8.29. The lowest BCUT2D eigenvalue weighted by atomic mass is 10.1. The van der Waals surface area contributed by atoms with E-state index in [-0.39, 0.29) is 10.8 Å². The predicted molar refractivity (Wildman–Crippen MR) is 89.5 cm³/mol. The zero-order valence-corrected chi connectivity index (χ0v) is 14.7. The van der Waals surface area contributed by atoms with Crippen molar-refractivity contribution in [3.63, 3.8) is 0 Å². The van der Waals surface area contributed by atoms with Gasteiger partial charge in [-0.05, 0) is 30.7 Å². The van der Waals surface area contributed by atoms with E-state index in [2.05, 4.69) is 6.92 Å². The van der Waals surface area contributed by atoms with Crippen LogP contribution in [0, 0.1) is 0 Å². The molecule has 22 heavy (non-hydrogen) atoms. The number of amides is 1. The van der Waals surface area contributed by atoms with Crippen LogP contribution >= 0.6 is 0 Å². The molecule has 0 unspecified atom stereocenters. The van der Waals surface area contributed by atoms with Crippen molar-refractivity contribution < 1.29 is 13.2 Å². The lowest BCUT2D eigenvalue weighted by Gasteiger charge is -2.18. The molecule has 0 saturated carbocycles. The molecule has 0 saturated heterocycles. The van der Waals surface area contributed by atoms with Crippen LogP contribution in [0.4, 0.5) is 5.69 Å². The molecule has 0 heterocycles. The third-order valence-corrected chi connectivity index (χ3v) is 5.45. The number of hydrogen-bond acceptors (Lipinski definition) is 3. The van der Waals surface area contributed by atoms with Gasteiger partial charge in [0.2, 0.25) is 15.9 Å². The van der Waals surface area contributed by atoms with E-state index in [0.717, 1.165) is 25.7 Å². The van der Waals surface area contributed by atoms with Crippen LogP contribution in [-0.4, -0.2) is 39.8 Å². The zero-order chi connectivity index (χ0) is 16.8. The van der Waals surface area contributed by atoms with E-state index < -0.39 is 10.0 Å². The van der Waals surface area contributed by atoms with Crippen molar-refractivity contribution >= 4 is 21.6 Å². The standard InChI is InChI=1S/C16H26N2O3S/c1-5-6-7-8-9-16(19)18(4)14-10-12-15(13-11-14)22(20,21)17(2)3/h10-13H,5-9H2,1-4H3. The SMILES string of the molecule is CCCCCCC(=O)N(C)c1ccc(S(=O)(=O)N(C)C)cc1. The summed E-state index contributed by atoms with van der Waals surface area (Å²) < 4.78 is 25.2. The van der Waals surface area contributed by atoms with Crippen molar-refractivity contribution in [1.29, 1.82) is 0 Å². The number of rotatable bonds is 8. The van der Waals surface area contributed by atoms with Crippen LogP contribution in [-0.2, 0) is 14.8 Å². The third kappa shape index (κ3) is 4.81. The smallest absolute Gasteiger partial charge is 0.242 e. The van der Waals surface area contributed by atoms with Gasteiger partial charge in [0.15, 0.2) is 0 Å². The number of nitrogens with zero attached hydrogens (tertiary/aromatic N) is 2. The predicted octanol–water partition coefficient (Wildman–Crippen LogP) is 2.87. The summed E-state index contributed by atoms with van der Waals surface area (Å²) in [5, 5.41) is 0. The van der Waals surface area contributed by atoms with Gasteiger partial charge in [0.05, 0.1) is 4.90 Å². The van der Waals surface area contributed by atoms with E-state index in [0.29, 0.717) is 12.1 Å². The molecule has 0 N–H and O–H groups in total. The fourth-order valence-corrected chi connectivity index (χ4v) is 2.97. The van der Waals surface area contributed by atoms with E-state index >= 15 is 0 Å². The normalized spacial score (nSPS) is 11.7. The Morgan fingerprint density at radius 3 is 2.09 bits per heavy atom. The molecule has 0 aliphatic heterocycles. The Morgan fingerprint density at radius 1 is 1.00 bits per heavy atom. The van der Waals surface area contributed by atoms with E-state index in [9.17, 15) is 13.2 Å². The maximum atomic E-state index is 12.1. The Kier molecular flexibility index (Phi) is 7.03. The summed E-state index contributed by atoms with van der Waals surface area (Å²) >= 11 is 0. The van der Waals surface area contributed by atoms with Gasteiger partial charge < -0.3 is 4.90 Å². The highest BCUT2D eigenvalue weighted by atomic mass is 32.2. The Bertz CT molecular complexity index is 580. The van der Waals surface area contributed by atoms with Gasteiger partial charge in [0, 0.05) is 33.3 Å². The van der Waals surface area contributed by atoms with Gasteiger partial charge in [-0.2, -0.15) is 0 Å². The molecule has 124 valence electrons. The molecule has 0 atom stereocenters. The minimum atomic E-state index is -3.43. The quantitative estimate of drug-likeness (QED) is 0.690. The van der Waals surface area contributed by atoms with Crippen molar-refractivity contribution in [3.8, 4) is 0 Å². The van der Waals surface area contributed by atoms with Gasteiger partial charge in [0.25, 0.3) is 0 Å². The Morgan fingerprint density at radius 2 is 1.59 bits per heavy atom. The zero-order valence-electron chi connectivity index (χ0n) is 13.9. The molecule has 0 bridgehead atoms. The van der Waals surface area contributed by atoms with Crippen LogP contribution in [0.5, 0.6) is 0 Å². The highest BCUT2D eigenvalue weighted by Crippen LogP contribution is 2.20. The summed E-state index contributed by atoms with van der Waals surface area (Å²) in [7, 11) is 1.28. The van der Waals surface area contributed by atoms with E-state index in [1.807, 2.05) is 0 Å². The maximum absolute atomic E-state index is 12.1. The third-order valence-electron chi connectivity index (χ3n) is 3.62. The lowest BCUT2D eigenvalue weighted by molar-refractivity contribution is -0.118. The number of anilines is 1. The molecule has 0 radical (unpaired) electrons. The fraction of sp³-hybridized carbons (Fsp3) is 0.562.